The first-order chi connectivity index (χ1) is 9.20. The first-order valence-electron chi connectivity index (χ1n) is 6.58. The van der Waals surface area contributed by atoms with Crippen molar-refractivity contribution in [2.75, 3.05) is 24.3 Å². The van der Waals surface area contributed by atoms with E-state index in [0.29, 0.717) is 0 Å². The fraction of sp³-hybridized carbons (Fsp3) is 0.429. The molecular weight excluding hydrogens is 238 g/mol. The van der Waals surface area contributed by atoms with Gasteiger partial charge >= 0.3 is 0 Å². The van der Waals surface area contributed by atoms with Crippen molar-refractivity contribution < 1.29 is 0 Å². The van der Waals surface area contributed by atoms with Crippen LogP contribution in [0.25, 0.3) is 0 Å². The highest BCUT2D eigenvalue weighted by atomic mass is 15.1. The van der Waals surface area contributed by atoms with E-state index >= 15 is 0 Å². The van der Waals surface area contributed by atoms with Crippen LogP contribution in [0, 0.1) is 0 Å². The quantitative estimate of drug-likeness (QED) is 0.865. The molecule has 0 aromatic carbocycles. The summed E-state index contributed by atoms with van der Waals surface area (Å²) in [6.07, 6.45) is 6.83. The van der Waals surface area contributed by atoms with Gasteiger partial charge in [-0.2, -0.15) is 0 Å². The zero-order valence-electron chi connectivity index (χ0n) is 11.8. The summed E-state index contributed by atoms with van der Waals surface area (Å²) in [5, 5.41) is 3.35. The van der Waals surface area contributed by atoms with Crippen molar-refractivity contribution in [3.63, 3.8) is 0 Å². The monoisotopic (exact) mass is 259 g/mol. The number of pyridine rings is 1. The first-order valence-corrected chi connectivity index (χ1v) is 6.58. The summed E-state index contributed by atoms with van der Waals surface area (Å²) in [4.78, 5) is 10.7. The minimum Gasteiger partial charge on any atom is -0.377 e. The zero-order valence-corrected chi connectivity index (χ0v) is 11.8. The maximum Gasteiger partial charge on any atom is 0.128 e. The molecule has 0 saturated carbocycles. The van der Waals surface area contributed by atoms with Crippen LogP contribution in [0.15, 0.2) is 30.7 Å². The number of hydrogen-bond donors (Lipinski definition) is 1. The molecule has 0 aliphatic rings. The van der Waals surface area contributed by atoms with Gasteiger partial charge in [-0.3, -0.25) is 0 Å². The molecule has 0 atom stereocenters. The maximum absolute atomic E-state index is 4.37. The van der Waals surface area contributed by atoms with Gasteiger partial charge in [-0.25, -0.2) is 9.97 Å². The van der Waals surface area contributed by atoms with Crippen molar-refractivity contribution in [1.82, 2.24) is 14.5 Å². The second kappa shape index (κ2) is 6.22. The topological polar surface area (TPSA) is 46.0 Å². The van der Waals surface area contributed by atoms with Gasteiger partial charge in [-0.15, -0.1) is 0 Å². The van der Waals surface area contributed by atoms with Crippen molar-refractivity contribution in [3.8, 4) is 0 Å². The van der Waals surface area contributed by atoms with Gasteiger partial charge in [0, 0.05) is 33.0 Å². The lowest BCUT2D eigenvalue weighted by atomic mass is 10.4. The molecule has 19 heavy (non-hydrogen) atoms. The van der Waals surface area contributed by atoms with Gasteiger partial charge in [-0.05, 0) is 18.6 Å². The molecule has 0 radical (unpaired) electrons. The van der Waals surface area contributed by atoms with E-state index in [-0.39, 0.29) is 0 Å². The highest BCUT2D eigenvalue weighted by Gasteiger charge is 2.02. The van der Waals surface area contributed by atoms with E-state index in [1.54, 1.807) is 0 Å². The van der Waals surface area contributed by atoms with Gasteiger partial charge in [0.05, 0.1) is 18.4 Å². The Kier molecular flexibility index (Phi) is 4.39. The molecule has 2 rings (SSSR count). The van der Waals surface area contributed by atoms with Crippen molar-refractivity contribution in [2.24, 2.45) is 0 Å². The van der Waals surface area contributed by atoms with E-state index in [9.17, 15) is 0 Å². The zero-order chi connectivity index (χ0) is 13.7. The molecule has 2 aromatic rings. The Labute approximate surface area is 114 Å². The summed E-state index contributed by atoms with van der Waals surface area (Å²) in [6, 6.07) is 4.04. The normalized spacial score (nSPS) is 10.5. The van der Waals surface area contributed by atoms with Crippen LogP contribution in [0.4, 0.5) is 11.5 Å². The number of nitrogens with zero attached hydrogens (tertiary/aromatic N) is 4. The van der Waals surface area contributed by atoms with Crippen LogP contribution in [0.2, 0.25) is 0 Å². The molecule has 0 aliphatic heterocycles. The Morgan fingerprint density at radius 3 is 2.74 bits per heavy atom. The minimum atomic E-state index is 0.718. The summed E-state index contributed by atoms with van der Waals surface area (Å²) < 4.78 is 2.18. The Hall–Kier alpha value is -2.04. The van der Waals surface area contributed by atoms with Crippen LogP contribution in [0.3, 0.4) is 0 Å². The smallest absolute Gasteiger partial charge is 0.128 e. The molecule has 0 aliphatic carbocycles. The molecular formula is C14H21N5. The summed E-state index contributed by atoms with van der Waals surface area (Å²) in [6.45, 7) is 3.89. The third-order valence-electron chi connectivity index (χ3n) is 2.92. The molecule has 2 heterocycles. The molecule has 0 bridgehead atoms. The van der Waals surface area contributed by atoms with Crippen LogP contribution in [0.1, 0.15) is 19.2 Å². The Bertz CT molecular complexity index is 501. The van der Waals surface area contributed by atoms with Gasteiger partial charge in [-0.1, -0.05) is 6.92 Å². The molecule has 2 aromatic heterocycles. The lowest BCUT2D eigenvalue weighted by molar-refractivity contribution is 0.644. The second-order valence-corrected chi connectivity index (χ2v) is 4.69. The number of hydrogen-bond acceptors (Lipinski definition) is 4. The predicted molar refractivity (Wildman–Crippen MR) is 78.4 cm³/mol. The number of aryl methyl sites for hydroxylation is 1. The Balaban J connectivity index is 1.96. The van der Waals surface area contributed by atoms with Crippen molar-refractivity contribution in [2.45, 2.75) is 26.4 Å². The largest absolute Gasteiger partial charge is 0.377 e. The molecule has 5 nitrogen and oxygen atoms in total. The van der Waals surface area contributed by atoms with E-state index in [0.717, 1.165) is 36.8 Å². The maximum atomic E-state index is 4.37. The molecule has 5 heteroatoms. The first kappa shape index (κ1) is 13.4. The lowest BCUT2D eigenvalue weighted by Crippen LogP contribution is -2.11. The van der Waals surface area contributed by atoms with E-state index < -0.39 is 0 Å². The Morgan fingerprint density at radius 2 is 2.11 bits per heavy atom. The molecule has 0 unspecified atom stereocenters. The average Bonchev–Trinajstić information content (AvgIpc) is 2.85. The van der Waals surface area contributed by atoms with Crippen LogP contribution in [-0.2, 0) is 13.1 Å². The molecule has 0 saturated heterocycles. The summed E-state index contributed by atoms with van der Waals surface area (Å²) in [5.41, 5.74) is 1.01. The fourth-order valence-corrected chi connectivity index (χ4v) is 1.89. The van der Waals surface area contributed by atoms with Crippen molar-refractivity contribution >= 4 is 11.5 Å². The number of nitrogens with one attached hydrogen (secondary N) is 1. The summed E-state index contributed by atoms with van der Waals surface area (Å²) in [5.74, 6) is 2.01. The van der Waals surface area contributed by atoms with Gasteiger partial charge < -0.3 is 14.8 Å². The molecule has 0 spiro atoms. The van der Waals surface area contributed by atoms with E-state index in [1.165, 1.54) is 0 Å². The van der Waals surface area contributed by atoms with Crippen LogP contribution in [-0.4, -0.2) is 28.6 Å². The van der Waals surface area contributed by atoms with E-state index in [2.05, 4.69) is 26.8 Å². The van der Waals surface area contributed by atoms with Crippen molar-refractivity contribution in [3.05, 3.63) is 36.5 Å². The van der Waals surface area contributed by atoms with Crippen LogP contribution >= 0.6 is 0 Å². The van der Waals surface area contributed by atoms with Gasteiger partial charge in [0.15, 0.2) is 0 Å². The van der Waals surface area contributed by atoms with Gasteiger partial charge in [0.2, 0.25) is 0 Å². The van der Waals surface area contributed by atoms with Crippen LogP contribution in [0.5, 0.6) is 0 Å². The van der Waals surface area contributed by atoms with Crippen LogP contribution < -0.4 is 10.2 Å². The number of anilines is 2. The SMILES string of the molecule is CCCn1ccnc1CNc1ccc(N(C)C)nc1. The lowest BCUT2D eigenvalue weighted by Gasteiger charge is -2.12. The minimum absolute atomic E-state index is 0.718. The highest BCUT2D eigenvalue weighted by molar-refractivity contribution is 5.47. The fourth-order valence-electron chi connectivity index (χ4n) is 1.89. The highest BCUT2D eigenvalue weighted by Crippen LogP contribution is 2.12. The second-order valence-electron chi connectivity index (χ2n) is 4.69. The number of rotatable bonds is 6. The van der Waals surface area contributed by atoms with Crippen molar-refractivity contribution in [1.29, 1.82) is 0 Å². The molecule has 0 amide bonds. The molecule has 1 N–H and O–H groups in total. The average molecular weight is 259 g/mol. The summed E-state index contributed by atoms with van der Waals surface area (Å²) in [7, 11) is 3.97. The molecule has 0 fully saturated rings. The standard InChI is InChI=1S/C14H21N5/c1-4-8-19-9-7-15-14(19)11-16-12-5-6-13(17-10-12)18(2)3/h5-7,9-10,16H,4,8,11H2,1-3H3. The predicted octanol–water partition coefficient (Wildman–Crippen LogP) is 2.37. The third-order valence-corrected chi connectivity index (χ3v) is 2.92. The summed E-state index contributed by atoms with van der Waals surface area (Å²) >= 11 is 0. The third kappa shape index (κ3) is 3.47. The van der Waals surface area contributed by atoms with Gasteiger partial charge in [0.25, 0.3) is 0 Å². The van der Waals surface area contributed by atoms with Gasteiger partial charge in [0.1, 0.15) is 11.6 Å². The van der Waals surface area contributed by atoms with E-state index in [1.807, 2.05) is 49.7 Å². The Morgan fingerprint density at radius 1 is 1.26 bits per heavy atom. The molecule has 102 valence electrons. The number of imidazole rings is 1. The number of aromatic nitrogens is 3. The van der Waals surface area contributed by atoms with E-state index in [4.69, 9.17) is 0 Å².